The van der Waals surface area contributed by atoms with E-state index in [0.29, 0.717) is 23.7 Å². The number of allylic oxidation sites excluding steroid dienone is 1. The molecule has 0 heterocycles. The summed E-state index contributed by atoms with van der Waals surface area (Å²) in [5.41, 5.74) is 1.64. The summed E-state index contributed by atoms with van der Waals surface area (Å²) in [6.45, 7) is 6.62. The van der Waals surface area contributed by atoms with E-state index in [0.717, 1.165) is 17.7 Å². The molecule has 0 amide bonds. The fraction of sp³-hybridized carbons (Fsp3) is 0.286. The van der Waals surface area contributed by atoms with E-state index in [9.17, 15) is 14.9 Å². The normalized spacial score (nSPS) is 11.1. The second-order valence-corrected chi connectivity index (χ2v) is 6.56. The maximum Gasteiger partial charge on any atom is 0.273 e. The van der Waals surface area contributed by atoms with E-state index < -0.39 is 4.92 Å². The minimum absolute atomic E-state index is 0.0489. The highest BCUT2D eigenvalue weighted by molar-refractivity contribution is 6.07. The quantitative estimate of drug-likeness (QED) is 0.282. The third-order valence-corrected chi connectivity index (χ3v) is 3.96. The summed E-state index contributed by atoms with van der Waals surface area (Å²) in [6, 6.07) is 12.0. The maximum absolute atomic E-state index is 12.2. The number of carbonyl (C=O) groups is 1. The van der Waals surface area contributed by atoms with Crippen LogP contribution < -0.4 is 4.74 Å². The Labute approximate surface area is 153 Å². The van der Waals surface area contributed by atoms with E-state index in [-0.39, 0.29) is 11.5 Å². The number of hydrogen-bond donors (Lipinski definition) is 0. The first-order valence-corrected chi connectivity index (χ1v) is 8.57. The highest BCUT2D eigenvalue weighted by Gasteiger charge is 2.13. The minimum atomic E-state index is -0.478. The van der Waals surface area contributed by atoms with Gasteiger partial charge in [0, 0.05) is 17.2 Å². The zero-order chi connectivity index (χ0) is 19.1. The lowest BCUT2D eigenvalue weighted by Crippen LogP contribution is -2.01. The molecular weight excluding hydrogens is 330 g/mol. The molecule has 0 atom stereocenters. The zero-order valence-electron chi connectivity index (χ0n) is 15.3. The largest absolute Gasteiger partial charge is 0.494 e. The van der Waals surface area contributed by atoms with Crippen LogP contribution in [0.5, 0.6) is 5.75 Å². The second kappa shape index (κ2) is 8.94. The lowest BCUT2D eigenvalue weighted by molar-refractivity contribution is -0.385. The summed E-state index contributed by atoms with van der Waals surface area (Å²) >= 11 is 0. The van der Waals surface area contributed by atoms with Gasteiger partial charge in [0.05, 0.1) is 11.5 Å². The molecule has 2 rings (SSSR count). The van der Waals surface area contributed by atoms with Gasteiger partial charge in [-0.2, -0.15) is 0 Å². The Bertz CT molecular complexity index is 807. The molecule has 5 nitrogen and oxygen atoms in total. The van der Waals surface area contributed by atoms with Crippen LogP contribution in [0.3, 0.4) is 0 Å². The number of nitro groups is 1. The molecule has 0 bridgehead atoms. The SMILES string of the molecule is Cc1ccc(C(=O)C=Cc2ccc(OCCC(C)C)cc2)cc1[N+](=O)[O-]. The number of nitro benzene ring substituents is 1. The Morgan fingerprint density at radius 3 is 2.50 bits per heavy atom. The van der Waals surface area contributed by atoms with E-state index in [4.69, 9.17) is 4.74 Å². The minimum Gasteiger partial charge on any atom is -0.494 e. The third kappa shape index (κ3) is 5.55. The van der Waals surface area contributed by atoms with Crippen molar-refractivity contribution in [2.45, 2.75) is 27.2 Å². The number of nitrogens with zero attached hydrogens (tertiary/aromatic N) is 1. The highest BCUT2D eigenvalue weighted by atomic mass is 16.6. The molecule has 0 fully saturated rings. The van der Waals surface area contributed by atoms with Crippen molar-refractivity contribution in [2.24, 2.45) is 5.92 Å². The van der Waals surface area contributed by atoms with Crippen LogP contribution in [0, 0.1) is 23.0 Å². The van der Waals surface area contributed by atoms with Gasteiger partial charge in [-0.25, -0.2) is 0 Å². The van der Waals surface area contributed by atoms with E-state index in [1.807, 2.05) is 24.3 Å². The number of carbonyl (C=O) groups excluding carboxylic acids is 1. The molecule has 0 spiro atoms. The van der Waals surface area contributed by atoms with Crippen LogP contribution in [0.15, 0.2) is 48.5 Å². The summed E-state index contributed by atoms with van der Waals surface area (Å²) in [7, 11) is 0. The van der Waals surface area contributed by atoms with Gasteiger partial charge in [-0.05, 0) is 43.0 Å². The highest BCUT2D eigenvalue weighted by Crippen LogP contribution is 2.20. The Morgan fingerprint density at radius 1 is 1.19 bits per heavy atom. The lowest BCUT2D eigenvalue weighted by atomic mass is 10.1. The predicted octanol–water partition coefficient (Wildman–Crippen LogP) is 5.22. The molecular formula is C21H23NO4. The summed E-state index contributed by atoms with van der Waals surface area (Å²) < 4.78 is 5.66. The van der Waals surface area contributed by atoms with Crippen molar-refractivity contribution in [2.75, 3.05) is 6.61 Å². The van der Waals surface area contributed by atoms with Gasteiger partial charge in [0.1, 0.15) is 5.75 Å². The molecule has 2 aromatic carbocycles. The fourth-order valence-electron chi connectivity index (χ4n) is 2.32. The van der Waals surface area contributed by atoms with Crippen LogP contribution in [0.2, 0.25) is 0 Å². The topological polar surface area (TPSA) is 69.4 Å². The number of rotatable bonds is 8. The van der Waals surface area contributed by atoms with Crippen LogP contribution in [-0.4, -0.2) is 17.3 Å². The summed E-state index contributed by atoms with van der Waals surface area (Å²) in [4.78, 5) is 22.7. The first-order valence-electron chi connectivity index (χ1n) is 8.57. The molecule has 0 saturated heterocycles. The number of ketones is 1. The van der Waals surface area contributed by atoms with Crippen LogP contribution in [0.25, 0.3) is 6.08 Å². The van der Waals surface area contributed by atoms with Crippen molar-refractivity contribution in [3.8, 4) is 5.75 Å². The van der Waals surface area contributed by atoms with Crippen LogP contribution in [0.4, 0.5) is 5.69 Å². The Balaban J connectivity index is 2.02. The van der Waals surface area contributed by atoms with Crippen molar-refractivity contribution in [1.82, 2.24) is 0 Å². The van der Waals surface area contributed by atoms with Crippen molar-refractivity contribution in [3.63, 3.8) is 0 Å². The van der Waals surface area contributed by atoms with Crippen LogP contribution >= 0.6 is 0 Å². The molecule has 0 aliphatic heterocycles. The van der Waals surface area contributed by atoms with Crippen molar-refractivity contribution in [3.05, 3.63) is 75.3 Å². The number of ether oxygens (including phenoxy) is 1. The van der Waals surface area contributed by atoms with Crippen LogP contribution in [-0.2, 0) is 0 Å². The fourth-order valence-corrected chi connectivity index (χ4v) is 2.32. The average Bonchev–Trinajstić information content (AvgIpc) is 2.60. The summed E-state index contributed by atoms with van der Waals surface area (Å²) in [6.07, 6.45) is 4.10. The first-order chi connectivity index (χ1) is 12.4. The van der Waals surface area contributed by atoms with Gasteiger partial charge < -0.3 is 4.74 Å². The molecule has 136 valence electrons. The predicted molar refractivity (Wildman–Crippen MR) is 103 cm³/mol. The second-order valence-electron chi connectivity index (χ2n) is 6.56. The zero-order valence-corrected chi connectivity index (χ0v) is 15.3. The number of hydrogen-bond acceptors (Lipinski definition) is 4. The van der Waals surface area contributed by atoms with Gasteiger partial charge in [0.25, 0.3) is 5.69 Å². The van der Waals surface area contributed by atoms with Crippen molar-refractivity contribution >= 4 is 17.5 Å². The van der Waals surface area contributed by atoms with Crippen molar-refractivity contribution in [1.29, 1.82) is 0 Å². The molecule has 0 unspecified atom stereocenters. The van der Waals surface area contributed by atoms with E-state index in [2.05, 4.69) is 13.8 Å². The molecule has 26 heavy (non-hydrogen) atoms. The van der Waals surface area contributed by atoms with Gasteiger partial charge in [0.2, 0.25) is 0 Å². The number of aryl methyl sites for hydroxylation is 1. The van der Waals surface area contributed by atoms with Gasteiger partial charge >= 0.3 is 0 Å². The molecule has 0 saturated carbocycles. The Kier molecular flexibility index (Phi) is 6.67. The van der Waals surface area contributed by atoms with Gasteiger partial charge in [-0.3, -0.25) is 14.9 Å². The Morgan fingerprint density at radius 2 is 1.88 bits per heavy atom. The van der Waals surface area contributed by atoms with Gasteiger partial charge in [-0.1, -0.05) is 44.2 Å². The monoisotopic (exact) mass is 353 g/mol. The number of benzene rings is 2. The smallest absolute Gasteiger partial charge is 0.273 e. The molecule has 0 aromatic heterocycles. The van der Waals surface area contributed by atoms with Crippen molar-refractivity contribution < 1.29 is 14.5 Å². The molecule has 0 aliphatic carbocycles. The molecule has 0 aliphatic rings. The van der Waals surface area contributed by atoms with Crippen LogP contribution in [0.1, 0.15) is 41.8 Å². The maximum atomic E-state index is 12.2. The summed E-state index contributed by atoms with van der Waals surface area (Å²) in [5, 5.41) is 11.0. The van der Waals surface area contributed by atoms with E-state index >= 15 is 0 Å². The lowest BCUT2D eigenvalue weighted by Gasteiger charge is -2.08. The Hall–Kier alpha value is -2.95. The standard InChI is InChI=1S/C21H23NO4/c1-15(2)12-13-26-19-9-5-17(6-10-19)7-11-21(23)18-8-4-16(3)20(14-18)22(24)25/h4-11,14-15H,12-13H2,1-3H3. The van der Waals surface area contributed by atoms with Gasteiger partial charge in [0.15, 0.2) is 5.78 Å². The summed E-state index contributed by atoms with van der Waals surface area (Å²) in [5.74, 6) is 1.12. The van der Waals surface area contributed by atoms with Gasteiger partial charge in [-0.15, -0.1) is 0 Å². The molecule has 0 radical (unpaired) electrons. The van der Waals surface area contributed by atoms with E-state index in [1.54, 1.807) is 25.1 Å². The average molecular weight is 353 g/mol. The molecule has 2 aromatic rings. The first kappa shape index (κ1) is 19.4. The third-order valence-electron chi connectivity index (χ3n) is 3.96. The molecule has 0 N–H and O–H groups in total. The molecule has 5 heteroatoms. The van der Waals surface area contributed by atoms with E-state index in [1.165, 1.54) is 12.1 Å².